The van der Waals surface area contributed by atoms with Crippen molar-refractivity contribution in [2.75, 3.05) is 0 Å². The molecule has 0 aliphatic carbocycles. The summed E-state index contributed by atoms with van der Waals surface area (Å²) in [5.41, 5.74) is 0. The second kappa shape index (κ2) is 10.6. The minimum Gasteiger partial charge on any atom is -0.159 e. The second-order valence-electron chi connectivity index (χ2n) is 2.01. The van der Waals surface area contributed by atoms with E-state index in [1.807, 2.05) is 44.2 Å². The van der Waals surface area contributed by atoms with Gasteiger partial charge in [0.25, 0.3) is 0 Å². The van der Waals surface area contributed by atoms with Gasteiger partial charge in [-0.25, -0.2) is 0 Å². The third-order valence-electron chi connectivity index (χ3n) is 1.14. The molecular weight excluding hydrogens is 160 g/mol. The van der Waals surface area contributed by atoms with Crippen molar-refractivity contribution >= 4 is 12.4 Å². The van der Waals surface area contributed by atoms with Gasteiger partial charge in [0, 0.05) is 12.4 Å². The third-order valence-corrected chi connectivity index (χ3v) is 1.14. The van der Waals surface area contributed by atoms with Gasteiger partial charge in [-0.2, -0.15) is 10.2 Å². The van der Waals surface area contributed by atoms with Gasteiger partial charge in [0.15, 0.2) is 0 Å². The molecule has 0 aromatic heterocycles. The highest BCUT2D eigenvalue weighted by Crippen LogP contribution is 1.87. The lowest BCUT2D eigenvalue weighted by Gasteiger charge is -1.75. The summed E-state index contributed by atoms with van der Waals surface area (Å²) in [6.07, 6.45) is 16.0. The van der Waals surface area contributed by atoms with Crippen LogP contribution in [0.15, 0.2) is 46.7 Å². The Hall–Kier alpha value is -1.44. The zero-order chi connectivity index (χ0) is 9.78. The van der Waals surface area contributed by atoms with Crippen molar-refractivity contribution in [2.45, 2.75) is 20.3 Å². The zero-order valence-electron chi connectivity index (χ0n) is 8.22. The molecule has 1 heterocycles. The minimum absolute atomic E-state index is 0.941. The van der Waals surface area contributed by atoms with Crippen molar-refractivity contribution in [3.63, 3.8) is 0 Å². The fourth-order valence-corrected chi connectivity index (χ4v) is 0.643. The van der Waals surface area contributed by atoms with Gasteiger partial charge in [0.05, 0.1) is 0 Å². The Morgan fingerprint density at radius 1 is 0.769 bits per heavy atom. The Labute approximate surface area is 80.1 Å². The number of hydrogen-bond acceptors (Lipinski definition) is 2. The minimum atomic E-state index is 0.941. The Morgan fingerprint density at radius 2 is 1.38 bits per heavy atom. The number of hydrogen-bond donors (Lipinski definition) is 0. The molecule has 0 N–H and O–H groups in total. The van der Waals surface area contributed by atoms with E-state index in [1.165, 1.54) is 0 Å². The maximum absolute atomic E-state index is 3.75. The topological polar surface area (TPSA) is 24.7 Å². The lowest BCUT2D eigenvalue weighted by atomic mass is 10.3. The molecule has 0 bridgehead atoms. The Kier molecular flexibility index (Phi) is 9.39. The van der Waals surface area contributed by atoms with Crippen molar-refractivity contribution in [1.82, 2.24) is 0 Å². The molecule has 2 nitrogen and oxygen atoms in total. The molecule has 70 valence electrons. The molecule has 0 saturated heterocycles. The molecule has 1 aliphatic heterocycles. The first-order valence-corrected chi connectivity index (χ1v) is 4.53. The van der Waals surface area contributed by atoms with E-state index in [0.717, 1.165) is 6.42 Å². The van der Waals surface area contributed by atoms with Crippen molar-refractivity contribution in [2.24, 2.45) is 10.2 Å². The predicted molar refractivity (Wildman–Crippen MR) is 60.4 cm³/mol. The van der Waals surface area contributed by atoms with Crippen molar-refractivity contribution in [3.8, 4) is 0 Å². The van der Waals surface area contributed by atoms with Gasteiger partial charge in [-0.05, 0) is 18.6 Å². The van der Waals surface area contributed by atoms with E-state index in [1.54, 1.807) is 12.4 Å². The summed E-state index contributed by atoms with van der Waals surface area (Å²) in [6, 6.07) is 0. The van der Waals surface area contributed by atoms with Crippen LogP contribution in [0.2, 0.25) is 0 Å². The summed E-state index contributed by atoms with van der Waals surface area (Å²) in [6.45, 7) is 4.00. The van der Waals surface area contributed by atoms with E-state index >= 15 is 0 Å². The van der Waals surface area contributed by atoms with Crippen LogP contribution in [0.5, 0.6) is 0 Å². The highest BCUT2D eigenvalue weighted by Gasteiger charge is 1.70. The fourth-order valence-electron chi connectivity index (χ4n) is 0.643. The molecule has 0 aromatic rings. The van der Waals surface area contributed by atoms with E-state index in [2.05, 4.69) is 16.3 Å². The molecule has 0 spiro atoms. The molecule has 0 unspecified atom stereocenters. The lowest BCUT2D eigenvalue weighted by Crippen LogP contribution is -1.63. The molecule has 0 fully saturated rings. The van der Waals surface area contributed by atoms with Gasteiger partial charge in [-0.3, -0.25) is 0 Å². The SMILES string of the molecule is C1=C/C\C=C/C=N/N=C\C=C\1.CC. The summed E-state index contributed by atoms with van der Waals surface area (Å²) >= 11 is 0. The molecule has 0 amide bonds. The maximum atomic E-state index is 3.75. The van der Waals surface area contributed by atoms with E-state index in [-0.39, 0.29) is 0 Å². The third kappa shape index (κ3) is 8.47. The molecule has 1 rings (SSSR count). The zero-order valence-corrected chi connectivity index (χ0v) is 8.22. The van der Waals surface area contributed by atoms with E-state index in [9.17, 15) is 0 Å². The van der Waals surface area contributed by atoms with Gasteiger partial charge in [0.2, 0.25) is 0 Å². The lowest BCUT2D eigenvalue weighted by molar-refractivity contribution is 1.27. The number of allylic oxidation sites excluding steroid dienone is 6. The summed E-state index contributed by atoms with van der Waals surface area (Å²) in [5, 5.41) is 7.50. The molecular formula is C11H16N2. The van der Waals surface area contributed by atoms with Crippen molar-refractivity contribution < 1.29 is 0 Å². The Bertz CT molecular complexity index is 208. The summed E-state index contributed by atoms with van der Waals surface area (Å²) in [5.74, 6) is 0. The van der Waals surface area contributed by atoms with E-state index in [0.29, 0.717) is 0 Å². The predicted octanol–water partition coefficient (Wildman–Crippen LogP) is 3.14. The highest BCUT2D eigenvalue weighted by molar-refractivity contribution is 5.74. The summed E-state index contributed by atoms with van der Waals surface area (Å²) < 4.78 is 0. The van der Waals surface area contributed by atoms with Crippen LogP contribution in [0.3, 0.4) is 0 Å². The van der Waals surface area contributed by atoms with Gasteiger partial charge < -0.3 is 0 Å². The molecule has 1 aliphatic rings. The largest absolute Gasteiger partial charge is 0.159 e. The van der Waals surface area contributed by atoms with Crippen molar-refractivity contribution in [3.05, 3.63) is 36.5 Å². The number of nitrogens with zero attached hydrogens (tertiary/aromatic N) is 2. The molecule has 0 aromatic carbocycles. The fraction of sp³-hybridized carbons (Fsp3) is 0.273. The average Bonchev–Trinajstić information content (AvgIpc) is 2.26. The molecule has 13 heavy (non-hydrogen) atoms. The first kappa shape index (κ1) is 11.6. The van der Waals surface area contributed by atoms with Crippen molar-refractivity contribution in [1.29, 1.82) is 0 Å². The van der Waals surface area contributed by atoms with Crippen LogP contribution in [0.4, 0.5) is 0 Å². The molecule has 2 heteroatoms. The monoisotopic (exact) mass is 176 g/mol. The molecule has 0 radical (unpaired) electrons. The smallest absolute Gasteiger partial charge is 0.0495 e. The van der Waals surface area contributed by atoms with Crippen LogP contribution in [0.25, 0.3) is 0 Å². The Balaban J connectivity index is 0.000000671. The normalized spacial score (nSPS) is 26.9. The van der Waals surface area contributed by atoms with Gasteiger partial charge >= 0.3 is 0 Å². The standard InChI is InChI=1S/C9H10N2.C2H6/c1-2-4-6-8-10-11-9-7-5-3-1;1-2/h1-2,4-9H,3H2;1-2H3/b2-1-,6-4+,7-5-,10-8-,11-9+;. The van der Waals surface area contributed by atoms with Gasteiger partial charge in [-0.15, -0.1) is 0 Å². The van der Waals surface area contributed by atoms with Crippen LogP contribution < -0.4 is 0 Å². The van der Waals surface area contributed by atoms with Gasteiger partial charge in [-0.1, -0.05) is 38.2 Å². The van der Waals surface area contributed by atoms with Crippen LogP contribution >= 0.6 is 0 Å². The van der Waals surface area contributed by atoms with Crippen LogP contribution in [-0.4, -0.2) is 12.4 Å². The van der Waals surface area contributed by atoms with Crippen LogP contribution in [-0.2, 0) is 0 Å². The quantitative estimate of drug-likeness (QED) is 0.541. The Morgan fingerprint density at radius 3 is 2.15 bits per heavy atom. The average molecular weight is 176 g/mol. The number of rotatable bonds is 0. The van der Waals surface area contributed by atoms with E-state index in [4.69, 9.17) is 0 Å². The van der Waals surface area contributed by atoms with E-state index < -0.39 is 0 Å². The second-order valence-corrected chi connectivity index (χ2v) is 2.01. The first-order chi connectivity index (χ1) is 6.50. The summed E-state index contributed by atoms with van der Waals surface area (Å²) in [4.78, 5) is 0. The van der Waals surface area contributed by atoms with Crippen LogP contribution in [0.1, 0.15) is 20.3 Å². The molecule has 0 saturated carbocycles. The highest BCUT2D eigenvalue weighted by atomic mass is 15.2. The van der Waals surface area contributed by atoms with Crippen LogP contribution in [0, 0.1) is 0 Å². The molecule has 0 atom stereocenters. The summed E-state index contributed by atoms with van der Waals surface area (Å²) in [7, 11) is 0. The maximum Gasteiger partial charge on any atom is 0.0495 e. The first-order valence-electron chi connectivity index (χ1n) is 4.53. The van der Waals surface area contributed by atoms with Gasteiger partial charge in [0.1, 0.15) is 0 Å².